The predicted molar refractivity (Wildman–Crippen MR) is 61.8 cm³/mol. The Kier molecular flexibility index (Phi) is 3.60. The van der Waals surface area contributed by atoms with Crippen LogP contribution in [0.4, 0.5) is 4.39 Å². The highest BCUT2D eigenvalue weighted by Gasteiger charge is 2.20. The van der Waals surface area contributed by atoms with E-state index in [4.69, 9.17) is 11.6 Å². The van der Waals surface area contributed by atoms with Crippen molar-refractivity contribution in [3.63, 3.8) is 0 Å². The molecule has 0 bridgehead atoms. The Balaban J connectivity index is 2.23. The van der Waals surface area contributed by atoms with Gasteiger partial charge in [0.1, 0.15) is 17.0 Å². The van der Waals surface area contributed by atoms with Crippen molar-refractivity contribution in [3.8, 4) is 0 Å². The zero-order chi connectivity index (χ0) is 13.2. The molecule has 6 nitrogen and oxygen atoms in total. The van der Waals surface area contributed by atoms with Gasteiger partial charge in [-0.15, -0.1) is 0 Å². The molecule has 0 aliphatic heterocycles. The summed E-state index contributed by atoms with van der Waals surface area (Å²) in [5.74, 6) is -0.662. The fourth-order valence-corrected chi connectivity index (χ4v) is 2.57. The van der Waals surface area contributed by atoms with E-state index in [9.17, 15) is 12.8 Å². The fourth-order valence-electron chi connectivity index (χ4n) is 1.25. The molecule has 0 unspecified atom stereocenters. The molecule has 0 spiro atoms. The number of benzene rings is 1. The molecule has 96 valence electrons. The first-order valence-electron chi connectivity index (χ1n) is 4.78. The third kappa shape index (κ3) is 2.66. The average molecular weight is 291 g/mol. The minimum absolute atomic E-state index is 0.117. The molecule has 0 saturated heterocycles. The van der Waals surface area contributed by atoms with Crippen LogP contribution >= 0.6 is 11.6 Å². The van der Waals surface area contributed by atoms with Gasteiger partial charge in [0.15, 0.2) is 5.82 Å². The number of nitrogens with one attached hydrogen (secondary N) is 2. The second-order valence-corrected chi connectivity index (χ2v) is 5.45. The van der Waals surface area contributed by atoms with Crippen molar-refractivity contribution in [2.75, 3.05) is 0 Å². The molecule has 0 aliphatic carbocycles. The first-order chi connectivity index (χ1) is 8.50. The topological polar surface area (TPSA) is 87.7 Å². The van der Waals surface area contributed by atoms with Crippen molar-refractivity contribution in [2.24, 2.45) is 0 Å². The first kappa shape index (κ1) is 12.9. The lowest BCUT2D eigenvalue weighted by atomic mass is 10.3. The number of hydrogen-bond acceptors (Lipinski definition) is 4. The Morgan fingerprint density at radius 2 is 2.22 bits per heavy atom. The number of nitrogens with zero attached hydrogens (tertiary/aromatic N) is 2. The summed E-state index contributed by atoms with van der Waals surface area (Å²) in [6.45, 7) is -0.117. The van der Waals surface area contributed by atoms with Crippen LogP contribution in [0.15, 0.2) is 29.4 Å². The van der Waals surface area contributed by atoms with Gasteiger partial charge in [-0.2, -0.15) is 5.10 Å². The summed E-state index contributed by atoms with van der Waals surface area (Å²) in [6.07, 6.45) is 1.24. The van der Waals surface area contributed by atoms with Gasteiger partial charge in [0.25, 0.3) is 0 Å². The summed E-state index contributed by atoms with van der Waals surface area (Å²) in [5.41, 5.74) is 0. The highest BCUT2D eigenvalue weighted by Crippen LogP contribution is 2.21. The Bertz CT molecular complexity index is 645. The van der Waals surface area contributed by atoms with Crippen molar-refractivity contribution in [1.82, 2.24) is 19.9 Å². The van der Waals surface area contributed by atoms with E-state index in [0.29, 0.717) is 5.82 Å². The van der Waals surface area contributed by atoms with Gasteiger partial charge in [-0.25, -0.2) is 22.5 Å². The molecule has 1 heterocycles. The molecule has 0 atom stereocenters. The van der Waals surface area contributed by atoms with Crippen molar-refractivity contribution >= 4 is 21.6 Å². The quantitative estimate of drug-likeness (QED) is 0.882. The predicted octanol–water partition coefficient (Wildman–Crippen LogP) is 1.08. The first-order valence-corrected chi connectivity index (χ1v) is 6.65. The van der Waals surface area contributed by atoms with Crippen molar-refractivity contribution in [1.29, 1.82) is 0 Å². The molecule has 2 rings (SSSR count). The monoisotopic (exact) mass is 290 g/mol. The summed E-state index contributed by atoms with van der Waals surface area (Å²) in [6, 6.07) is 3.75. The Labute approximate surface area is 107 Å². The Morgan fingerprint density at radius 1 is 1.44 bits per heavy atom. The number of halogens is 2. The average Bonchev–Trinajstić information content (AvgIpc) is 2.83. The molecular weight excluding hydrogens is 283 g/mol. The van der Waals surface area contributed by atoms with E-state index in [-0.39, 0.29) is 11.6 Å². The molecule has 0 aliphatic rings. The Morgan fingerprint density at radius 3 is 2.89 bits per heavy atom. The number of rotatable bonds is 4. The van der Waals surface area contributed by atoms with Crippen LogP contribution in [0.5, 0.6) is 0 Å². The van der Waals surface area contributed by atoms with E-state index in [1.165, 1.54) is 18.5 Å². The second kappa shape index (κ2) is 5.01. The number of aromatic nitrogens is 3. The molecular formula is C9H8ClFN4O2S. The van der Waals surface area contributed by atoms with Crippen LogP contribution in [0.25, 0.3) is 0 Å². The summed E-state index contributed by atoms with van der Waals surface area (Å²) in [7, 11) is -3.99. The van der Waals surface area contributed by atoms with Gasteiger partial charge in [0, 0.05) is 0 Å². The molecule has 18 heavy (non-hydrogen) atoms. The van der Waals surface area contributed by atoms with Gasteiger partial charge in [-0.3, -0.25) is 5.10 Å². The third-order valence-electron chi connectivity index (χ3n) is 2.10. The maximum absolute atomic E-state index is 13.6. The summed E-state index contributed by atoms with van der Waals surface area (Å²) in [4.78, 5) is 3.23. The molecule has 0 radical (unpaired) electrons. The minimum atomic E-state index is -3.99. The second-order valence-electron chi connectivity index (χ2n) is 3.31. The van der Waals surface area contributed by atoms with Crippen molar-refractivity contribution in [2.45, 2.75) is 11.4 Å². The van der Waals surface area contributed by atoms with E-state index >= 15 is 0 Å². The van der Waals surface area contributed by atoms with Gasteiger partial charge in [-0.05, 0) is 12.1 Å². The number of H-pyrrole nitrogens is 1. The van der Waals surface area contributed by atoms with Crippen LogP contribution in [-0.2, 0) is 16.6 Å². The SMILES string of the molecule is O=S(=O)(NCc1ncn[nH]1)c1cccc(Cl)c1F. The molecule has 0 fully saturated rings. The smallest absolute Gasteiger partial charge is 0.243 e. The molecule has 0 saturated carbocycles. The summed E-state index contributed by atoms with van der Waals surface area (Å²) in [5, 5.41) is 5.79. The van der Waals surface area contributed by atoms with E-state index in [1.54, 1.807) is 0 Å². The van der Waals surface area contributed by atoms with Gasteiger partial charge in [-0.1, -0.05) is 17.7 Å². The van der Waals surface area contributed by atoms with E-state index in [0.717, 1.165) is 6.07 Å². The number of aromatic amines is 1. The largest absolute Gasteiger partial charge is 0.262 e. The van der Waals surface area contributed by atoms with Gasteiger partial charge < -0.3 is 0 Å². The van der Waals surface area contributed by atoms with Crippen molar-refractivity contribution in [3.05, 3.63) is 41.2 Å². The lowest BCUT2D eigenvalue weighted by molar-refractivity contribution is 0.555. The minimum Gasteiger partial charge on any atom is -0.262 e. The summed E-state index contributed by atoms with van der Waals surface area (Å²) < 4.78 is 39.4. The van der Waals surface area contributed by atoms with Crippen LogP contribution in [0, 0.1) is 5.82 Å². The zero-order valence-corrected chi connectivity index (χ0v) is 10.5. The van der Waals surface area contributed by atoms with Crippen LogP contribution in [0.2, 0.25) is 5.02 Å². The third-order valence-corrected chi connectivity index (χ3v) is 3.81. The maximum Gasteiger partial charge on any atom is 0.243 e. The fraction of sp³-hybridized carbons (Fsp3) is 0.111. The lowest BCUT2D eigenvalue weighted by Crippen LogP contribution is -2.24. The highest BCUT2D eigenvalue weighted by molar-refractivity contribution is 7.89. The number of hydrogen-bond donors (Lipinski definition) is 2. The molecule has 0 amide bonds. The Hall–Kier alpha value is -1.51. The standard InChI is InChI=1S/C9H8ClFN4O2S/c10-6-2-1-3-7(9(6)11)18(16,17)14-4-8-12-5-13-15-8/h1-3,5,14H,4H2,(H,12,13,15). The van der Waals surface area contributed by atoms with E-state index < -0.39 is 20.7 Å². The molecule has 1 aromatic carbocycles. The normalized spacial score (nSPS) is 11.7. The van der Waals surface area contributed by atoms with Crippen LogP contribution in [-0.4, -0.2) is 23.6 Å². The zero-order valence-electron chi connectivity index (χ0n) is 8.89. The molecule has 9 heteroatoms. The van der Waals surface area contributed by atoms with Crippen LogP contribution in [0.3, 0.4) is 0 Å². The van der Waals surface area contributed by atoms with Crippen molar-refractivity contribution < 1.29 is 12.8 Å². The van der Waals surface area contributed by atoms with Gasteiger partial charge in [0.05, 0.1) is 11.6 Å². The summed E-state index contributed by atoms with van der Waals surface area (Å²) >= 11 is 5.52. The lowest BCUT2D eigenvalue weighted by Gasteiger charge is -2.06. The molecule has 2 N–H and O–H groups in total. The van der Waals surface area contributed by atoms with Crippen LogP contribution in [0.1, 0.15) is 5.82 Å². The molecule has 1 aromatic heterocycles. The van der Waals surface area contributed by atoms with Gasteiger partial charge in [0.2, 0.25) is 10.0 Å². The number of sulfonamides is 1. The van der Waals surface area contributed by atoms with E-state index in [2.05, 4.69) is 19.9 Å². The van der Waals surface area contributed by atoms with Gasteiger partial charge >= 0.3 is 0 Å². The maximum atomic E-state index is 13.6. The molecule has 2 aromatic rings. The van der Waals surface area contributed by atoms with Crippen LogP contribution < -0.4 is 4.72 Å². The van der Waals surface area contributed by atoms with E-state index in [1.807, 2.05) is 0 Å². The highest BCUT2D eigenvalue weighted by atomic mass is 35.5.